The lowest BCUT2D eigenvalue weighted by molar-refractivity contribution is -0.140. The van der Waals surface area contributed by atoms with Gasteiger partial charge in [-0.2, -0.15) is 0 Å². The Hall–Kier alpha value is -3.14. The Balaban J connectivity index is 2.17. The monoisotopic (exact) mass is 514 g/mol. The molecule has 0 saturated carbocycles. The summed E-state index contributed by atoms with van der Waals surface area (Å²) in [6, 6.07) is 11.4. The van der Waals surface area contributed by atoms with Crippen LogP contribution in [0.3, 0.4) is 0 Å². The maximum Gasteiger partial charge on any atom is 0.249 e. The third-order valence-corrected chi connectivity index (χ3v) is 6.11. The van der Waals surface area contributed by atoms with Gasteiger partial charge >= 0.3 is 0 Å². The largest absolute Gasteiger partial charge is 0.395 e. The topological polar surface area (TPSA) is 93.6 Å². The van der Waals surface area contributed by atoms with Crippen LogP contribution >= 0.6 is 0 Å². The summed E-state index contributed by atoms with van der Waals surface area (Å²) in [5.41, 5.74) is 7.32. The Morgan fingerprint density at radius 1 is 1.16 bits per heavy atom. The van der Waals surface area contributed by atoms with Gasteiger partial charge in [-0.15, -0.1) is 0 Å². The predicted octanol–water partition coefficient (Wildman–Crippen LogP) is 4.15. The van der Waals surface area contributed by atoms with Crippen molar-refractivity contribution in [3.8, 4) is 11.3 Å². The molecule has 0 aliphatic rings. The summed E-state index contributed by atoms with van der Waals surface area (Å²) in [4.78, 5) is 19.9. The van der Waals surface area contributed by atoms with Crippen molar-refractivity contribution in [3.05, 3.63) is 77.8 Å². The Kier molecular flexibility index (Phi) is 9.53. The minimum absolute atomic E-state index is 0.137. The average Bonchev–Trinajstić information content (AvgIpc) is 3.23. The van der Waals surface area contributed by atoms with Crippen LogP contribution in [0.5, 0.6) is 0 Å². The molecule has 0 unspecified atom stereocenters. The molecule has 3 aromatic rings. The number of aliphatic hydroxyl groups excluding tert-OH is 1. The van der Waals surface area contributed by atoms with Crippen LogP contribution < -0.4 is 5.73 Å². The molecule has 7 nitrogen and oxygen atoms in total. The number of carbonyl (C=O) groups is 1. The van der Waals surface area contributed by atoms with E-state index >= 15 is 0 Å². The first-order chi connectivity index (χ1) is 17.5. The number of aromatic nitrogens is 2. The number of ether oxygens (including phenoxy) is 1. The first-order valence-corrected chi connectivity index (χ1v) is 12.3. The van der Waals surface area contributed by atoms with Crippen LogP contribution in [0.2, 0.25) is 0 Å². The molecule has 2 atom stereocenters. The van der Waals surface area contributed by atoms with Crippen LogP contribution in [-0.2, 0) is 16.1 Å². The van der Waals surface area contributed by atoms with Crippen LogP contribution in [0.25, 0.3) is 11.3 Å². The number of methoxy groups -OCH3 is 1. The molecule has 37 heavy (non-hydrogen) atoms. The highest BCUT2D eigenvalue weighted by Crippen LogP contribution is 2.39. The van der Waals surface area contributed by atoms with E-state index in [1.54, 1.807) is 29.3 Å². The fourth-order valence-corrected chi connectivity index (χ4v) is 4.39. The zero-order valence-corrected chi connectivity index (χ0v) is 21.8. The van der Waals surface area contributed by atoms with Gasteiger partial charge < -0.3 is 25.0 Å². The van der Waals surface area contributed by atoms with Crippen molar-refractivity contribution in [1.29, 1.82) is 0 Å². The highest BCUT2D eigenvalue weighted by molar-refractivity contribution is 5.78. The van der Waals surface area contributed by atoms with E-state index in [0.717, 1.165) is 0 Å². The van der Waals surface area contributed by atoms with Gasteiger partial charge in [0.1, 0.15) is 24.1 Å². The van der Waals surface area contributed by atoms with Gasteiger partial charge in [0.2, 0.25) is 5.91 Å². The number of halogens is 2. The molecule has 0 bridgehead atoms. The summed E-state index contributed by atoms with van der Waals surface area (Å²) < 4.78 is 35.1. The first-order valence-electron chi connectivity index (χ1n) is 12.3. The van der Waals surface area contributed by atoms with Gasteiger partial charge in [0.05, 0.1) is 18.3 Å². The lowest BCUT2D eigenvalue weighted by atomic mass is 9.84. The lowest BCUT2D eigenvalue weighted by Crippen LogP contribution is -2.46. The van der Waals surface area contributed by atoms with Gasteiger partial charge in [-0.05, 0) is 41.7 Å². The average molecular weight is 515 g/mol. The third-order valence-electron chi connectivity index (χ3n) is 6.11. The van der Waals surface area contributed by atoms with Gasteiger partial charge in [-0.3, -0.25) is 4.79 Å². The van der Waals surface area contributed by atoms with E-state index < -0.39 is 17.5 Å². The Bertz CT molecular complexity index is 1190. The van der Waals surface area contributed by atoms with Crippen molar-refractivity contribution in [2.45, 2.75) is 45.8 Å². The van der Waals surface area contributed by atoms with Crippen molar-refractivity contribution >= 4 is 5.91 Å². The van der Waals surface area contributed by atoms with Gasteiger partial charge in [-0.25, -0.2) is 13.8 Å². The van der Waals surface area contributed by atoms with Gasteiger partial charge in [0.25, 0.3) is 0 Å². The van der Waals surface area contributed by atoms with Crippen molar-refractivity contribution in [2.24, 2.45) is 11.1 Å². The highest BCUT2D eigenvalue weighted by Gasteiger charge is 2.38. The number of benzene rings is 2. The zero-order valence-electron chi connectivity index (χ0n) is 21.8. The molecule has 1 amide bonds. The van der Waals surface area contributed by atoms with Crippen molar-refractivity contribution in [3.63, 3.8) is 0 Å². The second-order valence-corrected chi connectivity index (χ2v) is 10.3. The van der Waals surface area contributed by atoms with Crippen LogP contribution in [0.15, 0.2) is 54.7 Å². The van der Waals surface area contributed by atoms with E-state index in [2.05, 4.69) is 0 Å². The maximum atomic E-state index is 14.1. The molecule has 0 aliphatic heterocycles. The molecule has 0 saturated heterocycles. The first kappa shape index (κ1) is 28.4. The smallest absolute Gasteiger partial charge is 0.249 e. The molecule has 3 N–H and O–H groups in total. The molecule has 200 valence electrons. The number of aliphatic hydroxyl groups is 1. The summed E-state index contributed by atoms with van der Waals surface area (Å²) >= 11 is 0. The number of imidazole rings is 1. The minimum atomic E-state index is -0.531. The fourth-order valence-electron chi connectivity index (χ4n) is 4.39. The summed E-state index contributed by atoms with van der Waals surface area (Å²) in [5, 5.41) is 9.46. The fraction of sp³-hybridized carbons (Fsp3) is 0.429. The van der Waals surface area contributed by atoms with Crippen LogP contribution in [0, 0.1) is 17.0 Å². The molecule has 1 heterocycles. The van der Waals surface area contributed by atoms with E-state index in [0.29, 0.717) is 35.6 Å². The number of nitrogens with two attached hydrogens (primary N) is 1. The van der Waals surface area contributed by atoms with Crippen LogP contribution in [0.1, 0.15) is 44.6 Å². The zero-order chi connectivity index (χ0) is 27.2. The Morgan fingerprint density at radius 3 is 2.43 bits per heavy atom. The molecule has 2 aromatic carbocycles. The Labute approximate surface area is 216 Å². The molecule has 0 radical (unpaired) electrons. The number of rotatable bonds is 11. The third kappa shape index (κ3) is 7.44. The molecule has 0 aliphatic carbocycles. The van der Waals surface area contributed by atoms with Gasteiger partial charge in [-0.1, -0.05) is 45.0 Å². The second kappa shape index (κ2) is 12.4. The second-order valence-electron chi connectivity index (χ2n) is 10.3. The molecule has 0 fully saturated rings. The minimum Gasteiger partial charge on any atom is -0.395 e. The highest BCUT2D eigenvalue weighted by atomic mass is 19.1. The van der Waals surface area contributed by atoms with E-state index in [-0.39, 0.29) is 37.3 Å². The van der Waals surface area contributed by atoms with Crippen molar-refractivity contribution in [1.82, 2.24) is 14.5 Å². The molecular formula is C28H36F2N4O3. The van der Waals surface area contributed by atoms with Crippen molar-refractivity contribution < 1.29 is 23.4 Å². The SMILES string of the molecule is COCC(=O)N(CC[C@H](N)CO)[C@@H](c1nc(-c2cccc(F)c2)cn1Cc1cccc(F)c1)C(C)(C)C. The van der Waals surface area contributed by atoms with Crippen LogP contribution in [-0.4, -0.2) is 58.4 Å². The molecular weight excluding hydrogens is 478 g/mol. The van der Waals surface area contributed by atoms with Gasteiger partial charge in [0.15, 0.2) is 0 Å². The van der Waals surface area contributed by atoms with E-state index in [9.17, 15) is 18.7 Å². The van der Waals surface area contributed by atoms with Crippen molar-refractivity contribution in [2.75, 3.05) is 26.9 Å². The molecule has 1 aromatic heterocycles. The standard InChI is InChI=1S/C28H36F2N4O3/c1-28(2,3)26(34(25(36)18-37-4)12-11-23(31)17-35)27-32-24(20-8-6-10-22(30)14-20)16-33(27)15-19-7-5-9-21(29)13-19/h5-10,13-14,16,23,26,35H,11-12,15,17-18,31H2,1-4H3/t23-,26-/m0/s1. The number of amides is 1. The molecule has 3 rings (SSSR count). The number of hydrogen-bond donors (Lipinski definition) is 2. The summed E-state index contributed by atoms with van der Waals surface area (Å²) in [5.74, 6) is -0.425. The molecule has 9 heteroatoms. The van der Waals surface area contributed by atoms with E-state index in [1.165, 1.54) is 31.4 Å². The van der Waals surface area contributed by atoms with Crippen LogP contribution in [0.4, 0.5) is 8.78 Å². The maximum absolute atomic E-state index is 14.1. The Morgan fingerprint density at radius 2 is 1.84 bits per heavy atom. The normalized spacial score (nSPS) is 13.4. The summed E-state index contributed by atoms with van der Waals surface area (Å²) in [6.07, 6.45) is 2.17. The quantitative estimate of drug-likeness (QED) is 0.401. The number of carbonyl (C=O) groups excluding carboxylic acids is 1. The lowest BCUT2D eigenvalue weighted by Gasteiger charge is -2.40. The number of nitrogens with zero attached hydrogens (tertiary/aromatic N) is 3. The summed E-state index contributed by atoms with van der Waals surface area (Å²) in [7, 11) is 1.45. The predicted molar refractivity (Wildman–Crippen MR) is 139 cm³/mol. The summed E-state index contributed by atoms with van der Waals surface area (Å²) in [6.45, 7) is 6.23. The van der Waals surface area contributed by atoms with E-state index in [1.807, 2.05) is 31.4 Å². The molecule has 0 spiro atoms. The van der Waals surface area contributed by atoms with Gasteiger partial charge in [0, 0.05) is 38.0 Å². The van der Waals surface area contributed by atoms with E-state index in [4.69, 9.17) is 15.5 Å². The number of hydrogen-bond acceptors (Lipinski definition) is 5.